The standard InChI is InChI=1S/C23H27N5O3/c1-2-31-20-10-6-5-9-19(20)27-13-11-26(12-14-27)16-22-25-18-8-4-3-7-17(18)23(30)28(22)15-21(24)29/h3-10H,2,11-16H2,1H3,(H2,24,29)/p+1. The summed E-state index contributed by atoms with van der Waals surface area (Å²) in [7, 11) is 0. The van der Waals surface area contributed by atoms with Crippen molar-refractivity contribution in [2.24, 2.45) is 5.73 Å². The molecule has 4 rings (SSSR count). The van der Waals surface area contributed by atoms with E-state index >= 15 is 0 Å². The molecule has 1 aliphatic heterocycles. The number of nitrogens with two attached hydrogens (primary N) is 1. The molecule has 0 radical (unpaired) electrons. The first-order valence-electron chi connectivity index (χ1n) is 10.6. The molecule has 0 unspecified atom stereocenters. The molecule has 2 heterocycles. The summed E-state index contributed by atoms with van der Waals surface area (Å²) in [6.07, 6.45) is 0. The number of nitrogens with one attached hydrogen (secondary N) is 1. The van der Waals surface area contributed by atoms with Crippen molar-refractivity contribution in [3.8, 4) is 5.75 Å². The van der Waals surface area contributed by atoms with E-state index in [-0.39, 0.29) is 12.1 Å². The SMILES string of the molecule is CCOc1ccccc1N1CC[NH+](Cc2nc3ccccc3c(=O)n2CC(N)=O)CC1. The fraction of sp³-hybridized carbons (Fsp3) is 0.348. The summed E-state index contributed by atoms with van der Waals surface area (Å²) in [5, 5.41) is 0.500. The highest BCUT2D eigenvalue weighted by Gasteiger charge is 2.24. The van der Waals surface area contributed by atoms with Crippen LogP contribution in [0.2, 0.25) is 0 Å². The lowest BCUT2D eigenvalue weighted by Crippen LogP contribution is -3.13. The number of hydrogen-bond donors (Lipinski definition) is 2. The molecule has 8 heteroatoms. The van der Waals surface area contributed by atoms with Crippen LogP contribution in [-0.2, 0) is 17.9 Å². The molecule has 2 aromatic carbocycles. The first-order valence-corrected chi connectivity index (χ1v) is 10.6. The van der Waals surface area contributed by atoms with E-state index < -0.39 is 5.91 Å². The van der Waals surface area contributed by atoms with Crippen LogP contribution in [0.5, 0.6) is 5.75 Å². The number of anilines is 1. The summed E-state index contributed by atoms with van der Waals surface area (Å²) in [4.78, 5) is 32.9. The Morgan fingerprint density at radius 2 is 1.84 bits per heavy atom. The predicted octanol–water partition coefficient (Wildman–Crippen LogP) is 0.186. The van der Waals surface area contributed by atoms with Crippen molar-refractivity contribution in [2.75, 3.05) is 37.7 Å². The lowest BCUT2D eigenvalue weighted by atomic mass is 10.2. The number of rotatable bonds is 7. The number of ether oxygens (including phenoxy) is 1. The van der Waals surface area contributed by atoms with Crippen LogP contribution in [0.4, 0.5) is 5.69 Å². The summed E-state index contributed by atoms with van der Waals surface area (Å²) in [6, 6.07) is 15.3. The number of hydrogen-bond acceptors (Lipinski definition) is 5. The predicted molar refractivity (Wildman–Crippen MR) is 119 cm³/mol. The van der Waals surface area contributed by atoms with Gasteiger partial charge in [-0.3, -0.25) is 14.2 Å². The second-order valence-electron chi connectivity index (χ2n) is 7.72. The van der Waals surface area contributed by atoms with Crippen molar-refractivity contribution in [3.05, 3.63) is 64.7 Å². The molecule has 3 N–H and O–H groups in total. The number of amides is 1. The third kappa shape index (κ3) is 4.54. The van der Waals surface area contributed by atoms with E-state index in [1.54, 1.807) is 12.1 Å². The van der Waals surface area contributed by atoms with Crippen molar-refractivity contribution in [1.29, 1.82) is 0 Å². The second-order valence-corrected chi connectivity index (χ2v) is 7.72. The lowest BCUT2D eigenvalue weighted by Gasteiger charge is -2.34. The van der Waals surface area contributed by atoms with Gasteiger partial charge in [0.1, 0.15) is 18.8 Å². The van der Waals surface area contributed by atoms with Gasteiger partial charge >= 0.3 is 0 Å². The Balaban J connectivity index is 1.53. The Morgan fingerprint density at radius 3 is 2.58 bits per heavy atom. The van der Waals surface area contributed by atoms with Gasteiger partial charge in [-0.2, -0.15) is 0 Å². The van der Waals surface area contributed by atoms with Gasteiger partial charge in [0.25, 0.3) is 5.56 Å². The van der Waals surface area contributed by atoms with Gasteiger partial charge in [0.2, 0.25) is 5.91 Å². The number of benzene rings is 2. The first-order chi connectivity index (χ1) is 15.1. The van der Waals surface area contributed by atoms with Crippen LogP contribution in [0.15, 0.2) is 53.3 Å². The maximum Gasteiger partial charge on any atom is 0.262 e. The van der Waals surface area contributed by atoms with Gasteiger partial charge in [-0.05, 0) is 31.2 Å². The van der Waals surface area contributed by atoms with Crippen molar-refractivity contribution in [3.63, 3.8) is 0 Å². The van der Waals surface area contributed by atoms with Gasteiger partial charge in [-0.1, -0.05) is 24.3 Å². The fourth-order valence-corrected chi connectivity index (χ4v) is 4.13. The van der Waals surface area contributed by atoms with Crippen LogP contribution in [0, 0.1) is 0 Å². The van der Waals surface area contributed by atoms with E-state index in [0.717, 1.165) is 37.6 Å². The Bertz CT molecular complexity index is 1140. The molecule has 1 saturated heterocycles. The highest BCUT2D eigenvalue weighted by Crippen LogP contribution is 2.27. The molecule has 1 aromatic heterocycles. The Kier molecular flexibility index (Phi) is 6.18. The van der Waals surface area contributed by atoms with E-state index in [2.05, 4.69) is 11.0 Å². The second kappa shape index (κ2) is 9.18. The quantitative estimate of drug-likeness (QED) is 0.567. The number of primary amides is 1. The van der Waals surface area contributed by atoms with Gasteiger partial charge in [0, 0.05) is 0 Å². The van der Waals surface area contributed by atoms with Crippen LogP contribution in [0.3, 0.4) is 0 Å². The summed E-state index contributed by atoms with van der Waals surface area (Å²) >= 11 is 0. The van der Waals surface area contributed by atoms with E-state index in [1.165, 1.54) is 9.47 Å². The molecule has 1 amide bonds. The number of piperazine rings is 1. The minimum absolute atomic E-state index is 0.160. The third-order valence-corrected chi connectivity index (χ3v) is 5.64. The zero-order valence-corrected chi connectivity index (χ0v) is 17.7. The van der Waals surface area contributed by atoms with E-state index in [0.29, 0.717) is 29.9 Å². The first kappa shape index (κ1) is 20.9. The maximum absolute atomic E-state index is 12.9. The average Bonchev–Trinajstić information content (AvgIpc) is 2.77. The zero-order chi connectivity index (χ0) is 21.8. The van der Waals surface area contributed by atoms with Crippen LogP contribution in [0.25, 0.3) is 10.9 Å². The van der Waals surface area contributed by atoms with Gasteiger partial charge in [-0.25, -0.2) is 4.98 Å². The fourth-order valence-electron chi connectivity index (χ4n) is 4.13. The minimum atomic E-state index is -0.548. The molecule has 0 saturated carbocycles. The van der Waals surface area contributed by atoms with Gasteiger partial charge < -0.3 is 20.3 Å². The summed E-state index contributed by atoms with van der Waals surface area (Å²) < 4.78 is 7.20. The van der Waals surface area contributed by atoms with E-state index in [1.807, 2.05) is 37.3 Å². The molecular formula is C23H28N5O3+. The van der Waals surface area contributed by atoms with E-state index in [9.17, 15) is 9.59 Å². The number of quaternary nitrogens is 1. The molecule has 0 spiro atoms. The van der Waals surface area contributed by atoms with E-state index in [4.69, 9.17) is 15.5 Å². The van der Waals surface area contributed by atoms with Crippen molar-refractivity contribution in [2.45, 2.75) is 20.0 Å². The van der Waals surface area contributed by atoms with Crippen LogP contribution >= 0.6 is 0 Å². The molecule has 0 atom stereocenters. The van der Waals surface area contributed by atoms with Crippen molar-refractivity contribution >= 4 is 22.5 Å². The van der Waals surface area contributed by atoms with Gasteiger partial charge in [0.15, 0.2) is 5.82 Å². The van der Waals surface area contributed by atoms with Crippen LogP contribution in [0.1, 0.15) is 12.7 Å². The number of carbonyl (C=O) groups excluding carboxylic acids is 1. The minimum Gasteiger partial charge on any atom is -0.492 e. The highest BCUT2D eigenvalue weighted by atomic mass is 16.5. The smallest absolute Gasteiger partial charge is 0.262 e. The number of fused-ring (bicyclic) bond motifs is 1. The maximum atomic E-state index is 12.9. The molecule has 3 aromatic rings. The third-order valence-electron chi connectivity index (χ3n) is 5.64. The normalized spacial score (nSPS) is 14.7. The highest BCUT2D eigenvalue weighted by molar-refractivity contribution is 5.78. The Morgan fingerprint density at radius 1 is 1.13 bits per heavy atom. The zero-order valence-electron chi connectivity index (χ0n) is 17.7. The molecule has 0 bridgehead atoms. The summed E-state index contributed by atoms with van der Waals surface area (Å²) in [5.74, 6) is 0.952. The topological polar surface area (TPSA) is 94.9 Å². The van der Waals surface area contributed by atoms with Gasteiger partial charge in [-0.15, -0.1) is 0 Å². The molecular weight excluding hydrogens is 394 g/mol. The molecule has 8 nitrogen and oxygen atoms in total. The lowest BCUT2D eigenvalue weighted by molar-refractivity contribution is -0.915. The average molecular weight is 423 g/mol. The van der Waals surface area contributed by atoms with Crippen LogP contribution in [-0.4, -0.2) is 48.2 Å². The number of para-hydroxylation sites is 3. The summed E-state index contributed by atoms with van der Waals surface area (Å²) in [5.41, 5.74) is 6.94. The van der Waals surface area contributed by atoms with Crippen molar-refractivity contribution < 1.29 is 14.4 Å². The van der Waals surface area contributed by atoms with Crippen LogP contribution < -0.4 is 25.8 Å². The van der Waals surface area contributed by atoms with Crippen molar-refractivity contribution in [1.82, 2.24) is 9.55 Å². The summed E-state index contributed by atoms with van der Waals surface area (Å²) in [6.45, 7) is 6.54. The number of aromatic nitrogens is 2. The Hall–Kier alpha value is -3.39. The number of nitrogens with zero attached hydrogens (tertiary/aromatic N) is 3. The van der Waals surface area contributed by atoms with Gasteiger partial charge in [0.05, 0.1) is 49.4 Å². The monoisotopic (exact) mass is 422 g/mol. The molecule has 31 heavy (non-hydrogen) atoms. The molecule has 162 valence electrons. The molecule has 1 aliphatic rings. The molecule has 1 fully saturated rings. The molecule has 0 aliphatic carbocycles. The Labute approximate surface area is 180 Å². The number of carbonyl (C=O) groups is 1. The largest absolute Gasteiger partial charge is 0.492 e.